The van der Waals surface area contributed by atoms with Crippen LogP contribution in [-0.2, 0) is 11.2 Å². The number of nitrogens with one attached hydrogen (secondary N) is 1. The summed E-state index contributed by atoms with van der Waals surface area (Å²) in [6, 6.07) is 16.3. The van der Waals surface area contributed by atoms with Crippen molar-refractivity contribution in [1.29, 1.82) is 0 Å². The van der Waals surface area contributed by atoms with Gasteiger partial charge in [0.25, 0.3) is 0 Å². The van der Waals surface area contributed by atoms with E-state index in [0.717, 1.165) is 23.9 Å². The van der Waals surface area contributed by atoms with Crippen molar-refractivity contribution in [3.05, 3.63) is 66.0 Å². The van der Waals surface area contributed by atoms with Crippen molar-refractivity contribution in [2.24, 2.45) is 0 Å². The number of imidazole rings is 1. The van der Waals surface area contributed by atoms with Crippen LogP contribution in [-0.4, -0.2) is 22.0 Å². The number of amides is 1. The summed E-state index contributed by atoms with van der Waals surface area (Å²) in [5.41, 5.74) is 4.74. The number of carbonyl (C=O) groups excluding carboxylic acids is 1. The van der Waals surface area contributed by atoms with E-state index in [2.05, 4.69) is 34.6 Å². The average Bonchev–Trinajstić information content (AvgIpc) is 3.09. The smallest absolute Gasteiger partial charge is 0.242 e. The fourth-order valence-electron chi connectivity index (χ4n) is 3.85. The van der Waals surface area contributed by atoms with Crippen molar-refractivity contribution >= 4 is 16.9 Å². The molecule has 1 aliphatic carbocycles. The number of fused-ring (bicyclic) bond motifs is 2. The third kappa shape index (κ3) is 3.04. The Bertz CT molecular complexity index is 899. The lowest BCUT2D eigenvalue weighted by Crippen LogP contribution is -2.34. The van der Waals surface area contributed by atoms with Crippen LogP contribution in [0, 0.1) is 0 Å². The Balaban J connectivity index is 1.46. The summed E-state index contributed by atoms with van der Waals surface area (Å²) in [5.74, 6) is 0.465. The predicted molar refractivity (Wildman–Crippen MR) is 99.6 cm³/mol. The number of para-hydroxylation sites is 2. The molecule has 25 heavy (non-hydrogen) atoms. The van der Waals surface area contributed by atoms with Gasteiger partial charge in [0, 0.05) is 12.5 Å². The molecular weight excluding hydrogens is 310 g/mol. The fourth-order valence-corrected chi connectivity index (χ4v) is 3.85. The average molecular weight is 333 g/mol. The van der Waals surface area contributed by atoms with E-state index in [1.807, 2.05) is 35.8 Å². The first kappa shape index (κ1) is 15.9. The standard InChI is InChI=1S/C21H23N3O/c1-15(24-14-23-19-11-4-5-12-20(19)24)21(25)22-13-17-9-6-8-16-7-2-3-10-18(16)17/h2-5,7,10-12,14-15,17H,6,8-9,13H2,1H3,(H,22,25)/t15-,17+/m0/s1. The lowest BCUT2D eigenvalue weighted by Gasteiger charge is -2.26. The number of nitrogens with zero attached hydrogens (tertiary/aromatic N) is 2. The van der Waals surface area contributed by atoms with Crippen LogP contribution in [0.25, 0.3) is 11.0 Å². The van der Waals surface area contributed by atoms with Gasteiger partial charge in [-0.2, -0.15) is 0 Å². The minimum absolute atomic E-state index is 0.0474. The van der Waals surface area contributed by atoms with Crippen LogP contribution in [0.4, 0.5) is 0 Å². The summed E-state index contributed by atoms with van der Waals surface area (Å²) in [7, 11) is 0. The topological polar surface area (TPSA) is 46.9 Å². The van der Waals surface area contributed by atoms with Gasteiger partial charge in [-0.1, -0.05) is 36.4 Å². The molecule has 0 saturated carbocycles. The van der Waals surface area contributed by atoms with E-state index in [0.29, 0.717) is 12.5 Å². The highest BCUT2D eigenvalue weighted by atomic mass is 16.2. The molecule has 1 N–H and O–H groups in total. The van der Waals surface area contributed by atoms with Gasteiger partial charge in [0.15, 0.2) is 0 Å². The Kier molecular flexibility index (Phi) is 4.26. The van der Waals surface area contributed by atoms with Gasteiger partial charge >= 0.3 is 0 Å². The Morgan fingerprint density at radius 1 is 1.24 bits per heavy atom. The van der Waals surface area contributed by atoms with Gasteiger partial charge in [0.2, 0.25) is 5.91 Å². The largest absolute Gasteiger partial charge is 0.354 e. The Morgan fingerprint density at radius 3 is 2.96 bits per heavy atom. The molecule has 2 aromatic carbocycles. The zero-order chi connectivity index (χ0) is 17.2. The number of hydrogen-bond donors (Lipinski definition) is 1. The van der Waals surface area contributed by atoms with E-state index in [4.69, 9.17) is 0 Å². The Labute approximate surface area is 147 Å². The minimum Gasteiger partial charge on any atom is -0.354 e. The zero-order valence-electron chi connectivity index (χ0n) is 14.5. The second kappa shape index (κ2) is 6.71. The highest BCUT2D eigenvalue weighted by molar-refractivity contribution is 5.83. The number of aryl methyl sites for hydroxylation is 1. The molecule has 0 bridgehead atoms. The molecule has 3 aromatic rings. The maximum Gasteiger partial charge on any atom is 0.242 e. The minimum atomic E-state index is -0.272. The molecule has 1 amide bonds. The summed E-state index contributed by atoms with van der Waals surface area (Å²) in [6.45, 7) is 2.63. The molecule has 0 radical (unpaired) electrons. The van der Waals surface area contributed by atoms with Gasteiger partial charge in [-0.25, -0.2) is 4.98 Å². The normalized spacial score (nSPS) is 17.9. The number of carbonyl (C=O) groups is 1. The molecule has 0 saturated heterocycles. The van der Waals surface area contributed by atoms with Gasteiger partial charge in [-0.3, -0.25) is 4.79 Å². The first-order chi connectivity index (χ1) is 12.2. The summed E-state index contributed by atoms with van der Waals surface area (Å²) in [5, 5.41) is 3.16. The third-order valence-corrected chi connectivity index (χ3v) is 5.29. The summed E-state index contributed by atoms with van der Waals surface area (Å²) >= 11 is 0. The number of aromatic nitrogens is 2. The molecule has 0 aliphatic heterocycles. The first-order valence-corrected chi connectivity index (χ1v) is 9.01. The summed E-state index contributed by atoms with van der Waals surface area (Å²) in [6.07, 6.45) is 5.24. The SMILES string of the molecule is C[C@@H](C(=O)NC[C@H]1CCCc2ccccc21)n1cnc2ccccc21. The van der Waals surface area contributed by atoms with Crippen LogP contribution in [0.15, 0.2) is 54.9 Å². The van der Waals surface area contributed by atoms with Gasteiger partial charge in [0.1, 0.15) is 6.04 Å². The van der Waals surface area contributed by atoms with Crippen LogP contribution in [0.5, 0.6) is 0 Å². The van der Waals surface area contributed by atoms with Gasteiger partial charge < -0.3 is 9.88 Å². The van der Waals surface area contributed by atoms with Gasteiger partial charge in [-0.15, -0.1) is 0 Å². The van der Waals surface area contributed by atoms with Gasteiger partial charge in [-0.05, 0) is 49.4 Å². The van der Waals surface area contributed by atoms with Crippen LogP contribution in [0.1, 0.15) is 42.9 Å². The van der Waals surface area contributed by atoms with E-state index in [-0.39, 0.29) is 11.9 Å². The molecular formula is C21H23N3O. The van der Waals surface area contributed by atoms with Crippen molar-refractivity contribution in [1.82, 2.24) is 14.9 Å². The van der Waals surface area contributed by atoms with Crippen LogP contribution >= 0.6 is 0 Å². The molecule has 2 atom stereocenters. The zero-order valence-corrected chi connectivity index (χ0v) is 14.5. The van der Waals surface area contributed by atoms with E-state index in [9.17, 15) is 4.79 Å². The lowest BCUT2D eigenvalue weighted by atomic mass is 9.83. The monoisotopic (exact) mass is 333 g/mol. The molecule has 128 valence electrons. The molecule has 0 fully saturated rings. The van der Waals surface area contributed by atoms with Crippen molar-refractivity contribution in [3.63, 3.8) is 0 Å². The van der Waals surface area contributed by atoms with Gasteiger partial charge in [0.05, 0.1) is 17.4 Å². The molecule has 0 unspecified atom stereocenters. The quantitative estimate of drug-likeness (QED) is 0.789. The maximum absolute atomic E-state index is 12.7. The maximum atomic E-state index is 12.7. The predicted octanol–water partition coefficient (Wildman–Crippen LogP) is 3.83. The molecule has 1 heterocycles. The first-order valence-electron chi connectivity index (χ1n) is 9.01. The fraction of sp³-hybridized carbons (Fsp3) is 0.333. The van der Waals surface area contributed by atoms with Crippen LogP contribution < -0.4 is 5.32 Å². The Hall–Kier alpha value is -2.62. The molecule has 4 heteroatoms. The van der Waals surface area contributed by atoms with E-state index >= 15 is 0 Å². The van der Waals surface area contributed by atoms with Crippen molar-refractivity contribution in [2.45, 2.75) is 38.1 Å². The van der Waals surface area contributed by atoms with Crippen molar-refractivity contribution in [2.75, 3.05) is 6.54 Å². The van der Waals surface area contributed by atoms with E-state index in [1.54, 1.807) is 6.33 Å². The van der Waals surface area contributed by atoms with Crippen molar-refractivity contribution in [3.8, 4) is 0 Å². The number of benzene rings is 2. The number of hydrogen-bond acceptors (Lipinski definition) is 2. The van der Waals surface area contributed by atoms with E-state index < -0.39 is 0 Å². The molecule has 4 rings (SSSR count). The molecule has 0 spiro atoms. The van der Waals surface area contributed by atoms with Crippen LogP contribution in [0.2, 0.25) is 0 Å². The third-order valence-electron chi connectivity index (χ3n) is 5.29. The molecule has 1 aliphatic rings. The molecule has 4 nitrogen and oxygen atoms in total. The van der Waals surface area contributed by atoms with Crippen molar-refractivity contribution < 1.29 is 4.79 Å². The second-order valence-corrected chi connectivity index (χ2v) is 6.85. The van der Waals surface area contributed by atoms with Crippen LogP contribution in [0.3, 0.4) is 0 Å². The Morgan fingerprint density at radius 2 is 2.04 bits per heavy atom. The highest BCUT2D eigenvalue weighted by Gasteiger charge is 2.22. The highest BCUT2D eigenvalue weighted by Crippen LogP contribution is 2.31. The number of rotatable bonds is 4. The van der Waals surface area contributed by atoms with E-state index in [1.165, 1.54) is 17.5 Å². The molecule has 1 aromatic heterocycles. The summed E-state index contributed by atoms with van der Waals surface area (Å²) < 4.78 is 1.94. The second-order valence-electron chi connectivity index (χ2n) is 6.85. The summed E-state index contributed by atoms with van der Waals surface area (Å²) in [4.78, 5) is 17.1. The lowest BCUT2D eigenvalue weighted by molar-refractivity contribution is -0.123.